The van der Waals surface area contributed by atoms with E-state index in [-0.39, 0.29) is 0 Å². The quantitative estimate of drug-likeness (QED) is 0.593. The highest BCUT2D eigenvalue weighted by atomic mass is 32.2. The monoisotopic (exact) mass is 278 g/mol. The van der Waals surface area contributed by atoms with Gasteiger partial charge < -0.3 is 0 Å². The molecule has 1 fully saturated rings. The highest BCUT2D eigenvalue weighted by Gasteiger charge is 2.18. The molecule has 0 aromatic heterocycles. The van der Waals surface area contributed by atoms with Gasteiger partial charge in [-0.1, -0.05) is 30.3 Å². The molecule has 0 spiro atoms. The van der Waals surface area contributed by atoms with E-state index in [0.29, 0.717) is 6.04 Å². The van der Waals surface area contributed by atoms with Crippen molar-refractivity contribution >= 4 is 11.8 Å². The minimum atomic E-state index is 0.497. The van der Waals surface area contributed by atoms with E-state index in [9.17, 15) is 0 Å². The van der Waals surface area contributed by atoms with Gasteiger partial charge in [-0.15, -0.1) is 0 Å². The average Bonchev–Trinajstić information content (AvgIpc) is 2.48. The number of benzene rings is 1. The molecule has 1 unspecified atom stereocenters. The lowest BCUT2D eigenvalue weighted by Crippen LogP contribution is -2.37. The minimum Gasteiger partial charge on any atom is -0.271 e. The molecular formula is C16H26N2S. The van der Waals surface area contributed by atoms with Crippen molar-refractivity contribution in [1.29, 1.82) is 0 Å². The molecule has 0 amide bonds. The summed E-state index contributed by atoms with van der Waals surface area (Å²) in [7, 11) is 0. The predicted molar refractivity (Wildman–Crippen MR) is 85.2 cm³/mol. The van der Waals surface area contributed by atoms with Crippen LogP contribution in [-0.4, -0.2) is 17.5 Å². The summed E-state index contributed by atoms with van der Waals surface area (Å²) in [5, 5.41) is 0. The largest absolute Gasteiger partial charge is 0.271 e. The number of hydrogen-bond acceptors (Lipinski definition) is 3. The highest BCUT2D eigenvalue weighted by Crippen LogP contribution is 2.27. The molecule has 3 heteroatoms. The standard InChI is InChI=1S/C16H26N2S/c17-18-16(13-15-9-11-19-12-10-15)8-4-7-14-5-2-1-3-6-14/h1-3,5-6,15-16,18H,4,7-13,17H2. The first kappa shape index (κ1) is 14.9. The second-order valence-corrected chi connectivity index (χ2v) is 6.76. The van der Waals surface area contributed by atoms with Gasteiger partial charge in [-0.25, -0.2) is 0 Å². The molecule has 106 valence electrons. The van der Waals surface area contributed by atoms with Crippen LogP contribution in [0.4, 0.5) is 0 Å². The zero-order valence-corrected chi connectivity index (χ0v) is 12.5. The highest BCUT2D eigenvalue weighted by molar-refractivity contribution is 7.99. The van der Waals surface area contributed by atoms with Gasteiger partial charge in [-0.2, -0.15) is 11.8 Å². The zero-order chi connectivity index (χ0) is 13.3. The Morgan fingerprint density at radius 2 is 1.95 bits per heavy atom. The summed E-state index contributed by atoms with van der Waals surface area (Å²) in [5.41, 5.74) is 4.47. The Morgan fingerprint density at radius 3 is 2.63 bits per heavy atom. The fourth-order valence-electron chi connectivity index (χ4n) is 2.85. The van der Waals surface area contributed by atoms with Gasteiger partial charge >= 0.3 is 0 Å². The van der Waals surface area contributed by atoms with Gasteiger partial charge in [0.05, 0.1) is 0 Å². The lowest BCUT2D eigenvalue weighted by Gasteiger charge is -2.26. The van der Waals surface area contributed by atoms with Crippen LogP contribution in [0.15, 0.2) is 30.3 Å². The number of hydrogen-bond donors (Lipinski definition) is 2. The summed E-state index contributed by atoms with van der Waals surface area (Å²) in [6.07, 6.45) is 7.59. The van der Waals surface area contributed by atoms with Crippen molar-refractivity contribution in [2.24, 2.45) is 11.8 Å². The fraction of sp³-hybridized carbons (Fsp3) is 0.625. The molecule has 0 bridgehead atoms. The van der Waals surface area contributed by atoms with E-state index in [4.69, 9.17) is 5.84 Å². The third-order valence-electron chi connectivity index (χ3n) is 4.06. The molecule has 2 rings (SSSR count). The van der Waals surface area contributed by atoms with E-state index in [1.54, 1.807) is 0 Å². The molecule has 0 saturated carbocycles. The zero-order valence-electron chi connectivity index (χ0n) is 11.7. The number of nitrogens with two attached hydrogens (primary N) is 1. The summed E-state index contributed by atoms with van der Waals surface area (Å²) < 4.78 is 0. The van der Waals surface area contributed by atoms with Crippen molar-refractivity contribution in [3.63, 3.8) is 0 Å². The minimum absolute atomic E-state index is 0.497. The Kier molecular flexibility index (Phi) is 6.75. The number of hydrazine groups is 1. The molecule has 0 aliphatic carbocycles. The Balaban J connectivity index is 1.67. The fourth-order valence-corrected chi connectivity index (χ4v) is 4.06. The molecule has 1 aromatic rings. The van der Waals surface area contributed by atoms with Crippen molar-refractivity contribution in [1.82, 2.24) is 5.43 Å². The van der Waals surface area contributed by atoms with Gasteiger partial charge in [0.2, 0.25) is 0 Å². The van der Waals surface area contributed by atoms with Crippen molar-refractivity contribution in [3.8, 4) is 0 Å². The van der Waals surface area contributed by atoms with Crippen LogP contribution in [0.1, 0.15) is 37.7 Å². The number of rotatable bonds is 7. The maximum absolute atomic E-state index is 5.71. The van der Waals surface area contributed by atoms with Crippen LogP contribution < -0.4 is 11.3 Å². The van der Waals surface area contributed by atoms with Gasteiger partial charge in [0.1, 0.15) is 0 Å². The molecule has 1 atom stereocenters. The molecule has 1 heterocycles. The maximum atomic E-state index is 5.71. The molecule has 19 heavy (non-hydrogen) atoms. The number of aryl methyl sites for hydroxylation is 1. The van der Waals surface area contributed by atoms with Crippen LogP contribution in [0.25, 0.3) is 0 Å². The van der Waals surface area contributed by atoms with Gasteiger partial charge in [0.15, 0.2) is 0 Å². The van der Waals surface area contributed by atoms with Gasteiger partial charge in [0, 0.05) is 6.04 Å². The molecule has 1 aromatic carbocycles. The topological polar surface area (TPSA) is 38.0 Å². The average molecular weight is 278 g/mol. The SMILES string of the molecule is NNC(CCCc1ccccc1)CC1CCSCC1. The van der Waals surface area contributed by atoms with Crippen molar-refractivity contribution in [3.05, 3.63) is 35.9 Å². The molecule has 1 aliphatic rings. The van der Waals surface area contributed by atoms with Crippen LogP contribution >= 0.6 is 11.8 Å². The van der Waals surface area contributed by atoms with Crippen LogP contribution in [0.3, 0.4) is 0 Å². The molecular weight excluding hydrogens is 252 g/mol. The third-order valence-corrected chi connectivity index (χ3v) is 5.10. The van der Waals surface area contributed by atoms with E-state index >= 15 is 0 Å². The molecule has 0 radical (unpaired) electrons. The summed E-state index contributed by atoms with van der Waals surface area (Å²) in [6.45, 7) is 0. The van der Waals surface area contributed by atoms with Crippen LogP contribution in [-0.2, 0) is 6.42 Å². The van der Waals surface area contributed by atoms with Gasteiger partial charge in [-0.3, -0.25) is 11.3 Å². The normalized spacial score (nSPS) is 18.4. The van der Waals surface area contributed by atoms with Crippen LogP contribution in [0.5, 0.6) is 0 Å². The number of thioether (sulfide) groups is 1. The Labute approximate surface area is 121 Å². The second-order valence-electron chi connectivity index (χ2n) is 5.53. The van der Waals surface area contributed by atoms with Crippen molar-refractivity contribution in [2.45, 2.75) is 44.6 Å². The number of nitrogens with one attached hydrogen (secondary N) is 1. The molecule has 2 nitrogen and oxygen atoms in total. The first-order valence-electron chi connectivity index (χ1n) is 7.46. The maximum Gasteiger partial charge on any atom is 0.0213 e. The van der Waals surface area contributed by atoms with Gasteiger partial charge in [0.25, 0.3) is 0 Å². The van der Waals surface area contributed by atoms with E-state index in [1.165, 1.54) is 55.6 Å². The van der Waals surface area contributed by atoms with Crippen molar-refractivity contribution < 1.29 is 0 Å². The van der Waals surface area contributed by atoms with Gasteiger partial charge in [-0.05, 0) is 61.5 Å². The molecule has 1 saturated heterocycles. The lowest BCUT2D eigenvalue weighted by atomic mass is 9.92. The smallest absolute Gasteiger partial charge is 0.0213 e. The first-order chi connectivity index (χ1) is 9.38. The summed E-state index contributed by atoms with van der Waals surface area (Å²) in [5.74, 6) is 9.28. The second kappa shape index (κ2) is 8.62. The first-order valence-corrected chi connectivity index (χ1v) is 8.61. The van der Waals surface area contributed by atoms with E-state index in [0.717, 1.165) is 5.92 Å². The van der Waals surface area contributed by atoms with Crippen molar-refractivity contribution in [2.75, 3.05) is 11.5 Å². The summed E-state index contributed by atoms with van der Waals surface area (Å²) in [6, 6.07) is 11.2. The summed E-state index contributed by atoms with van der Waals surface area (Å²) in [4.78, 5) is 0. The predicted octanol–water partition coefficient (Wildman–Crippen LogP) is 3.37. The Bertz CT molecular complexity index is 336. The van der Waals surface area contributed by atoms with E-state index < -0.39 is 0 Å². The van der Waals surface area contributed by atoms with Crippen LogP contribution in [0.2, 0.25) is 0 Å². The van der Waals surface area contributed by atoms with E-state index in [2.05, 4.69) is 47.5 Å². The Hall–Kier alpha value is -0.510. The summed E-state index contributed by atoms with van der Waals surface area (Å²) >= 11 is 2.10. The van der Waals surface area contributed by atoms with E-state index in [1.807, 2.05) is 0 Å². The third kappa shape index (κ3) is 5.55. The van der Waals surface area contributed by atoms with Crippen LogP contribution in [0, 0.1) is 5.92 Å². The lowest BCUT2D eigenvalue weighted by molar-refractivity contribution is 0.349. The molecule has 1 aliphatic heterocycles. The molecule has 3 N–H and O–H groups in total. The Morgan fingerprint density at radius 1 is 1.21 bits per heavy atom.